The predicted molar refractivity (Wildman–Crippen MR) is 73.3 cm³/mol. The Kier molecular flexibility index (Phi) is 4.28. The van der Waals surface area contributed by atoms with Crippen molar-refractivity contribution in [1.29, 1.82) is 0 Å². The Balaban J connectivity index is 2.18. The summed E-state index contributed by atoms with van der Waals surface area (Å²) in [7, 11) is 0. The number of rotatable bonds is 4. The van der Waals surface area contributed by atoms with Gasteiger partial charge in [0, 0.05) is 23.4 Å². The molecule has 0 aliphatic rings. The second-order valence-electron chi connectivity index (χ2n) is 4.28. The third kappa shape index (κ3) is 3.22. The molecule has 1 aromatic heterocycles. The average Bonchev–Trinajstić information content (AvgIpc) is 2.43. The topological polar surface area (TPSA) is 79.7 Å². The number of benzene rings is 1. The number of carboxylic acid groups (broad SMARTS) is 1. The maximum absolute atomic E-state index is 13.0. The number of ether oxygens (including phenoxy) is 1. The van der Waals surface area contributed by atoms with Crippen molar-refractivity contribution in [2.75, 3.05) is 0 Å². The van der Waals surface area contributed by atoms with Gasteiger partial charge in [0.05, 0.1) is 5.02 Å². The van der Waals surface area contributed by atoms with Crippen LogP contribution >= 0.6 is 11.6 Å². The largest absolute Gasteiger partial charge is 0.505 e. The molecule has 0 saturated carbocycles. The molecule has 5 nitrogen and oxygen atoms in total. The molecule has 0 atom stereocenters. The first-order valence-corrected chi connectivity index (χ1v) is 6.26. The van der Waals surface area contributed by atoms with E-state index in [1.54, 1.807) is 6.92 Å². The molecule has 0 spiro atoms. The van der Waals surface area contributed by atoms with Crippen LogP contribution in [0.2, 0.25) is 5.02 Å². The highest BCUT2D eigenvalue weighted by atomic mass is 35.5. The number of pyridine rings is 1. The maximum atomic E-state index is 13.0. The molecule has 0 radical (unpaired) electrons. The molecule has 0 amide bonds. The van der Waals surface area contributed by atoms with E-state index in [0.29, 0.717) is 16.9 Å². The van der Waals surface area contributed by atoms with Gasteiger partial charge in [0.15, 0.2) is 11.4 Å². The number of carbonyl (C=O) groups is 1. The van der Waals surface area contributed by atoms with Gasteiger partial charge >= 0.3 is 5.97 Å². The monoisotopic (exact) mass is 311 g/mol. The van der Waals surface area contributed by atoms with Crippen molar-refractivity contribution in [2.24, 2.45) is 0 Å². The van der Waals surface area contributed by atoms with E-state index in [0.717, 1.165) is 0 Å². The van der Waals surface area contributed by atoms with E-state index >= 15 is 0 Å². The lowest BCUT2D eigenvalue weighted by Crippen LogP contribution is -2.06. The molecule has 110 valence electrons. The van der Waals surface area contributed by atoms with Crippen LogP contribution in [0.3, 0.4) is 0 Å². The van der Waals surface area contributed by atoms with E-state index in [-0.39, 0.29) is 11.6 Å². The molecule has 7 heteroatoms. The molecule has 0 saturated heterocycles. The summed E-state index contributed by atoms with van der Waals surface area (Å²) in [4.78, 5) is 14.5. The molecule has 0 unspecified atom stereocenters. The van der Waals surface area contributed by atoms with Gasteiger partial charge in [-0.25, -0.2) is 14.2 Å². The summed E-state index contributed by atoms with van der Waals surface area (Å²) in [5, 5.41) is 18.5. The van der Waals surface area contributed by atoms with E-state index in [1.807, 2.05) is 0 Å². The van der Waals surface area contributed by atoms with E-state index in [1.165, 1.54) is 24.4 Å². The van der Waals surface area contributed by atoms with Crippen LogP contribution in [0.4, 0.5) is 4.39 Å². The van der Waals surface area contributed by atoms with Crippen molar-refractivity contribution in [3.05, 3.63) is 52.1 Å². The fourth-order valence-electron chi connectivity index (χ4n) is 1.66. The minimum atomic E-state index is -1.31. The van der Waals surface area contributed by atoms with Crippen molar-refractivity contribution in [2.45, 2.75) is 13.5 Å². The molecule has 0 aliphatic heterocycles. The highest BCUT2D eigenvalue weighted by Crippen LogP contribution is 2.26. The second-order valence-corrected chi connectivity index (χ2v) is 4.68. The van der Waals surface area contributed by atoms with Gasteiger partial charge in [-0.2, -0.15) is 0 Å². The van der Waals surface area contributed by atoms with Crippen LogP contribution in [0, 0.1) is 12.7 Å². The number of halogens is 2. The number of aromatic carboxylic acids is 1. The molecule has 2 aromatic rings. The Morgan fingerprint density at radius 2 is 2.19 bits per heavy atom. The number of aromatic nitrogens is 1. The summed E-state index contributed by atoms with van der Waals surface area (Å²) in [6.45, 7) is 1.59. The van der Waals surface area contributed by atoms with Crippen molar-refractivity contribution in [1.82, 2.24) is 4.98 Å². The molecule has 21 heavy (non-hydrogen) atoms. The minimum absolute atomic E-state index is 0.0360. The number of aromatic hydroxyl groups is 1. The lowest BCUT2D eigenvalue weighted by Gasteiger charge is -2.11. The van der Waals surface area contributed by atoms with Gasteiger partial charge in [-0.15, -0.1) is 0 Å². The zero-order chi connectivity index (χ0) is 15.6. The van der Waals surface area contributed by atoms with Gasteiger partial charge in [-0.05, 0) is 19.1 Å². The quantitative estimate of drug-likeness (QED) is 0.906. The van der Waals surface area contributed by atoms with Gasteiger partial charge in [-0.1, -0.05) is 11.6 Å². The van der Waals surface area contributed by atoms with Crippen molar-refractivity contribution < 1.29 is 24.1 Å². The predicted octanol–water partition coefficient (Wildman–Crippen LogP) is 3.17. The second kappa shape index (κ2) is 5.97. The van der Waals surface area contributed by atoms with Crippen LogP contribution in [-0.4, -0.2) is 21.2 Å². The summed E-state index contributed by atoms with van der Waals surface area (Å²) in [5.74, 6) is -1.91. The van der Waals surface area contributed by atoms with Gasteiger partial charge in [0.1, 0.15) is 18.2 Å². The van der Waals surface area contributed by atoms with Crippen LogP contribution in [0.1, 0.15) is 21.6 Å². The number of carboxylic acids is 1. The molecular formula is C14H11ClFNO4. The fraction of sp³-hybridized carbons (Fsp3) is 0.143. The van der Waals surface area contributed by atoms with Crippen LogP contribution in [-0.2, 0) is 6.61 Å². The van der Waals surface area contributed by atoms with Crippen LogP contribution < -0.4 is 4.74 Å². The smallest absolute Gasteiger partial charge is 0.358 e. The molecule has 2 rings (SSSR count). The standard InChI is InChI=1S/C14H11ClFNO4/c1-7-8(5-17-12(13(7)18)14(19)20)6-21-9-2-3-11(16)10(15)4-9/h2-5,18H,6H2,1H3,(H,19,20). The summed E-state index contributed by atoms with van der Waals surface area (Å²) in [6, 6.07) is 3.91. The van der Waals surface area contributed by atoms with E-state index in [9.17, 15) is 14.3 Å². The van der Waals surface area contributed by atoms with Crippen molar-refractivity contribution >= 4 is 17.6 Å². The summed E-state index contributed by atoms with van der Waals surface area (Å²) >= 11 is 5.64. The van der Waals surface area contributed by atoms with E-state index in [4.69, 9.17) is 21.4 Å². The average molecular weight is 312 g/mol. The van der Waals surface area contributed by atoms with Gasteiger partial charge in [0.25, 0.3) is 0 Å². The maximum Gasteiger partial charge on any atom is 0.358 e. The highest BCUT2D eigenvalue weighted by molar-refractivity contribution is 6.30. The summed E-state index contributed by atoms with van der Waals surface area (Å²) in [6.07, 6.45) is 1.31. The third-order valence-corrected chi connectivity index (χ3v) is 3.19. The molecule has 1 aromatic carbocycles. The molecule has 2 N–H and O–H groups in total. The SMILES string of the molecule is Cc1c(COc2ccc(F)c(Cl)c2)cnc(C(=O)O)c1O. The molecular weight excluding hydrogens is 301 g/mol. The zero-order valence-electron chi connectivity index (χ0n) is 10.9. The summed E-state index contributed by atoms with van der Waals surface area (Å²) in [5.41, 5.74) is 0.453. The lowest BCUT2D eigenvalue weighted by molar-refractivity contribution is 0.0686. The van der Waals surface area contributed by atoms with Crippen LogP contribution in [0.5, 0.6) is 11.5 Å². The van der Waals surface area contributed by atoms with Crippen LogP contribution in [0.15, 0.2) is 24.4 Å². The minimum Gasteiger partial charge on any atom is -0.505 e. The summed E-state index contributed by atoms with van der Waals surface area (Å²) < 4.78 is 18.4. The first-order valence-electron chi connectivity index (χ1n) is 5.88. The molecule has 1 heterocycles. The third-order valence-electron chi connectivity index (χ3n) is 2.90. The Hall–Kier alpha value is -2.34. The van der Waals surface area contributed by atoms with E-state index in [2.05, 4.69) is 4.98 Å². The van der Waals surface area contributed by atoms with Gasteiger partial charge < -0.3 is 14.9 Å². The number of hydrogen-bond acceptors (Lipinski definition) is 4. The Morgan fingerprint density at radius 1 is 1.48 bits per heavy atom. The van der Waals surface area contributed by atoms with Gasteiger partial charge in [-0.3, -0.25) is 0 Å². The molecule has 0 fully saturated rings. The highest BCUT2D eigenvalue weighted by Gasteiger charge is 2.16. The molecule has 0 aliphatic carbocycles. The first kappa shape index (κ1) is 15.1. The number of hydrogen-bond donors (Lipinski definition) is 2. The van der Waals surface area contributed by atoms with E-state index < -0.39 is 23.2 Å². The lowest BCUT2D eigenvalue weighted by atomic mass is 10.1. The Morgan fingerprint density at radius 3 is 2.81 bits per heavy atom. The Bertz CT molecular complexity index is 706. The van der Waals surface area contributed by atoms with Crippen LogP contribution in [0.25, 0.3) is 0 Å². The molecule has 0 bridgehead atoms. The van der Waals surface area contributed by atoms with Gasteiger partial charge in [0.2, 0.25) is 0 Å². The van der Waals surface area contributed by atoms with Crippen molar-refractivity contribution in [3.63, 3.8) is 0 Å². The first-order chi connectivity index (χ1) is 9.90. The number of nitrogens with zero attached hydrogens (tertiary/aromatic N) is 1. The normalized spacial score (nSPS) is 10.4. The van der Waals surface area contributed by atoms with Crippen molar-refractivity contribution in [3.8, 4) is 11.5 Å². The Labute approximate surface area is 124 Å². The zero-order valence-corrected chi connectivity index (χ0v) is 11.7. The fourth-order valence-corrected chi connectivity index (χ4v) is 1.83.